The van der Waals surface area contributed by atoms with Gasteiger partial charge < -0.3 is 20.8 Å². The van der Waals surface area contributed by atoms with Crippen LogP contribution in [0.1, 0.15) is 26.0 Å². The van der Waals surface area contributed by atoms with Crippen LogP contribution in [0.25, 0.3) is 0 Å². The van der Waals surface area contributed by atoms with Crippen LogP contribution >= 0.6 is 0 Å². The van der Waals surface area contributed by atoms with Gasteiger partial charge in [0.1, 0.15) is 12.3 Å². The summed E-state index contributed by atoms with van der Waals surface area (Å²) in [5.41, 5.74) is 5.57. The van der Waals surface area contributed by atoms with Crippen molar-refractivity contribution < 1.29 is 9.59 Å². The zero-order valence-electron chi connectivity index (χ0n) is 10.3. The van der Waals surface area contributed by atoms with Crippen molar-refractivity contribution >= 4 is 18.1 Å². The highest BCUT2D eigenvalue weighted by Gasteiger charge is 2.26. The first-order valence-electron chi connectivity index (χ1n) is 5.38. The van der Waals surface area contributed by atoms with Crippen molar-refractivity contribution in [3.63, 3.8) is 0 Å². The maximum Gasteiger partial charge on any atom is 0.240 e. The average Bonchev–Trinajstić information content (AvgIpc) is 2.63. The number of nitrogens with zero attached hydrogens (tertiary/aromatic N) is 1. The van der Waals surface area contributed by atoms with E-state index < -0.39 is 17.4 Å². The predicted molar refractivity (Wildman–Crippen MR) is 64.4 cm³/mol. The van der Waals surface area contributed by atoms with Gasteiger partial charge in [0.2, 0.25) is 11.9 Å². The van der Waals surface area contributed by atoms with Crippen LogP contribution in [0, 0.1) is 12.3 Å². The number of nitrogens with one attached hydrogen (secondary N) is 2. The van der Waals surface area contributed by atoms with E-state index in [9.17, 15) is 9.59 Å². The van der Waals surface area contributed by atoms with Gasteiger partial charge in [0, 0.05) is 17.3 Å². The van der Waals surface area contributed by atoms with Gasteiger partial charge in [-0.1, -0.05) is 13.8 Å². The first kappa shape index (κ1) is 13.2. The monoisotopic (exact) mass is 238 g/mol. The minimum absolute atomic E-state index is 0.325. The number of aldehydes is 1. The van der Waals surface area contributed by atoms with Gasteiger partial charge in [-0.25, -0.2) is 4.98 Å². The molecular formula is C11H18N4O2. The molecule has 0 saturated heterocycles. The quantitative estimate of drug-likeness (QED) is 0.631. The highest BCUT2D eigenvalue weighted by atomic mass is 16.1. The second-order valence-electron chi connectivity index (χ2n) is 4.82. The SMILES string of the molecule is Cc1cnc(N[C@@H](CC(C)(C)C=O)C(N)=O)[nH]1. The van der Waals surface area contributed by atoms with Gasteiger partial charge in [-0.3, -0.25) is 4.79 Å². The molecule has 17 heavy (non-hydrogen) atoms. The molecule has 0 aromatic carbocycles. The van der Waals surface area contributed by atoms with Crippen LogP contribution in [0.15, 0.2) is 6.20 Å². The number of hydrogen-bond acceptors (Lipinski definition) is 4. The molecular weight excluding hydrogens is 220 g/mol. The minimum Gasteiger partial charge on any atom is -0.368 e. The molecule has 1 rings (SSSR count). The number of anilines is 1. The summed E-state index contributed by atoms with van der Waals surface area (Å²) in [6.07, 6.45) is 2.79. The van der Waals surface area contributed by atoms with E-state index in [0.29, 0.717) is 12.4 Å². The lowest BCUT2D eigenvalue weighted by atomic mass is 9.87. The summed E-state index contributed by atoms with van der Waals surface area (Å²) in [4.78, 5) is 29.1. The third-order valence-electron chi connectivity index (χ3n) is 2.41. The molecule has 1 aromatic rings. The van der Waals surface area contributed by atoms with E-state index in [1.807, 2.05) is 6.92 Å². The molecule has 0 unspecified atom stereocenters. The lowest BCUT2D eigenvalue weighted by Gasteiger charge is -2.23. The molecule has 0 bridgehead atoms. The first-order chi connectivity index (χ1) is 7.84. The number of aromatic amines is 1. The predicted octanol–water partition coefficient (Wildman–Crippen LogP) is 0.599. The molecule has 4 N–H and O–H groups in total. The summed E-state index contributed by atoms with van der Waals surface area (Å²) in [6, 6.07) is -0.624. The normalized spacial score (nSPS) is 13.1. The van der Waals surface area contributed by atoms with Gasteiger partial charge in [-0.15, -0.1) is 0 Å². The fraction of sp³-hybridized carbons (Fsp3) is 0.545. The van der Waals surface area contributed by atoms with Crippen molar-refractivity contribution in [1.82, 2.24) is 9.97 Å². The highest BCUT2D eigenvalue weighted by Crippen LogP contribution is 2.20. The van der Waals surface area contributed by atoms with Crippen LogP contribution in [0.5, 0.6) is 0 Å². The van der Waals surface area contributed by atoms with E-state index in [4.69, 9.17) is 5.73 Å². The number of rotatable bonds is 6. The van der Waals surface area contributed by atoms with E-state index in [1.54, 1.807) is 20.0 Å². The average molecular weight is 238 g/mol. The van der Waals surface area contributed by atoms with Crippen LogP contribution in [-0.4, -0.2) is 28.2 Å². The van der Waals surface area contributed by atoms with Gasteiger partial charge in [-0.05, 0) is 13.3 Å². The second-order valence-corrected chi connectivity index (χ2v) is 4.82. The number of nitrogens with two attached hydrogens (primary N) is 1. The molecule has 1 atom stereocenters. The molecule has 0 saturated carbocycles. The Kier molecular flexibility index (Phi) is 3.88. The zero-order valence-corrected chi connectivity index (χ0v) is 10.3. The van der Waals surface area contributed by atoms with Crippen LogP contribution in [0.3, 0.4) is 0 Å². The molecule has 0 radical (unpaired) electrons. The van der Waals surface area contributed by atoms with Crippen LogP contribution in [-0.2, 0) is 9.59 Å². The summed E-state index contributed by atoms with van der Waals surface area (Å²) < 4.78 is 0. The Morgan fingerprint density at radius 1 is 1.71 bits per heavy atom. The van der Waals surface area contributed by atoms with E-state index >= 15 is 0 Å². The summed E-state index contributed by atoms with van der Waals surface area (Å²) in [5, 5.41) is 2.89. The Bertz CT molecular complexity index is 411. The number of aromatic nitrogens is 2. The first-order valence-corrected chi connectivity index (χ1v) is 5.38. The Morgan fingerprint density at radius 2 is 2.35 bits per heavy atom. The molecule has 0 aliphatic carbocycles. The second kappa shape index (κ2) is 4.99. The zero-order chi connectivity index (χ0) is 13.1. The summed E-state index contributed by atoms with van der Waals surface area (Å²) in [6.45, 7) is 5.36. The number of primary amides is 1. The van der Waals surface area contributed by atoms with Gasteiger partial charge in [0.25, 0.3) is 0 Å². The van der Waals surface area contributed by atoms with Gasteiger partial charge in [0.15, 0.2) is 0 Å². The minimum atomic E-state index is -0.624. The summed E-state index contributed by atoms with van der Waals surface area (Å²) in [5.74, 6) is -0.0259. The Balaban J connectivity index is 2.74. The van der Waals surface area contributed by atoms with Crippen LogP contribution in [0.4, 0.5) is 5.95 Å². The van der Waals surface area contributed by atoms with E-state index in [2.05, 4.69) is 15.3 Å². The Hall–Kier alpha value is -1.85. The van der Waals surface area contributed by atoms with E-state index in [-0.39, 0.29) is 0 Å². The molecule has 94 valence electrons. The molecule has 0 spiro atoms. The Morgan fingerprint density at radius 3 is 2.76 bits per heavy atom. The molecule has 0 aliphatic rings. The van der Waals surface area contributed by atoms with Gasteiger partial charge >= 0.3 is 0 Å². The standard InChI is InChI=1S/C11H18N4O2/c1-7-5-13-10(14-7)15-8(9(12)17)4-11(2,3)6-16/h5-6,8H,4H2,1-3H3,(H2,12,17)(H2,13,14,15)/t8-/m0/s1. The topological polar surface area (TPSA) is 101 Å². The van der Waals surface area contributed by atoms with Crippen LogP contribution < -0.4 is 11.1 Å². The largest absolute Gasteiger partial charge is 0.368 e. The number of aryl methyl sites for hydroxylation is 1. The smallest absolute Gasteiger partial charge is 0.240 e. The van der Waals surface area contributed by atoms with E-state index in [1.165, 1.54) is 0 Å². The molecule has 1 aromatic heterocycles. The number of carbonyl (C=O) groups excluding carboxylic acids is 2. The highest BCUT2D eigenvalue weighted by molar-refractivity contribution is 5.83. The number of imidazole rings is 1. The lowest BCUT2D eigenvalue weighted by Crippen LogP contribution is -2.39. The maximum absolute atomic E-state index is 11.3. The maximum atomic E-state index is 11.3. The number of hydrogen-bond donors (Lipinski definition) is 3. The van der Waals surface area contributed by atoms with Crippen molar-refractivity contribution in [3.8, 4) is 0 Å². The molecule has 6 heteroatoms. The molecule has 1 heterocycles. The van der Waals surface area contributed by atoms with Crippen molar-refractivity contribution in [1.29, 1.82) is 0 Å². The van der Waals surface area contributed by atoms with Crippen molar-refractivity contribution in [2.45, 2.75) is 33.2 Å². The third-order valence-corrected chi connectivity index (χ3v) is 2.41. The van der Waals surface area contributed by atoms with Gasteiger partial charge in [0.05, 0.1) is 0 Å². The number of carbonyl (C=O) groups is 2. The molecule has 6 nitrogen and oxygen atoms in total. The van der Waals surface area contributed by atoms with Crippen LogP contribution in [0.2, 0.25) is 0 Å². The van der Waals surface area contributed by atoms with Crippen molar-refractivity contribution in [3.05, 3.63) is 11.9 Å². The fourth-order valence-electron chi connectivity index (χ4n) is 1.45. The molecule has 0 fully saturated rings. The number of amides is 1. The number of H-pyrrole nitrogens is 1. The van der Waals surface area contributed by atoms with E-state index in [0.717, 1.165) is 12.0 Å². The fourth-order valence-corrected chi connectivity index (χ4v) is 1.45. The van der Waals surface area contributed by atoms with Crippen molar-refractivity contribution in [2.75, 3.05) is 5.32 Å². The third kappa shape index (κ3) is 3.90. The Labute approximate surface area is 100.0 Å². The summed E-state index contributed by atoms with van der Waals surface area (Å²) >= 11 is 0. The molecule has 0 aliphatic heterocycles. The molecule has 1 amide bonds. The lowest BCUT2D eigenvalue weighted by molar-refractivity contribution is -0.120. The summed E-state index contributed by atoms with van der Waals surface area (Å²) in [7, 11) is 0. The van der Waals surface area contributed by atoms with Crippen molar-refractivity contribution in [2.24, 2.45) is 11.1 Å². The van der Waals surface area contributed by atoms with Gasteiger partial charge in [-0.2, -0.15) is 0 Å².